The minimum absolute atomic E-state index is 0.345. The Morgan fingerprint density at radius 1 is 1.35 bits per heavy atom. The van der Waals surface area contributed by atoms with Gasteiger partial charge in [0.1, 0.15) is 11.5 Å². The van der Waals surface area contributed by atoms with Crippen molar-refractivity contribution in [3.63, 3.8) is 0 Å². The number of benzene rings is 1. The molecule has 5 nitrogen and oxygen atoms in total. The minimum atomic E-state index is 0.345. The van der Waals surface area contributed by atoms with Crippen LogP contribution in [0, 0.1) is 5.41 Å². The van der Waals surface area contributed by atoms with Gasteiger partial charge < -0.3 is 15.2 Å². The van der Waals surface area contributed by atoms with E-state index >= 15 is 0 Å². The predicted octanol–water partition coefficient (Wildman–Crippen LogP) is 2.47. The van der Waals surface area contributed by atoms with E-state index in [1.807, 2.05) is 42.3 Å². The Bertz CT molecular complexity index is 574. The standard InChI is InChI=1S/C15H20N4O/c1-3-8-19(2)15(17)12-6-4-11(5-7-12)14-9-13(10-16)20-18-14/h4-7,9,17H,3,8,10,16H2,1-2H3. The third kappa shape index (κ3) is 3.05. The molecule has 5 heteroatoms. The smallest absolute Gasteiger partial charge is 0.150 e. The van der Waals surface area contributed by atoms with E-state index in [2.05, 4.69) is 12.1 Å². The number of nitrogens with zero attached hydrogens (tertiary/aromatic N) is 2. The molecule has 0 amide bonds. The summed E-state index contributed by atoms with van der Waals surface area (Å²) in [6.45, 7) is 3.33. The van der Waals surface area contributed by atoms with E-state index in [4.69, 9.17) is 15.7 Å². The Balaban J connectivity index is 2.15. The lowest BCUT2D eigenvalue weighted by Crippen LogP contribution is -2.27. The van der Waals surface area contributed by atoms with Gasteiger partial charge in [-0.15, -0.1) is 0 Å². The van der Waals surface area contributed by atoms with Gasteiger partial charge in [-0.25, -0.2) is 0 Å². The summed E-state index contributed by atoms with van der Waals surface area (Å²) in [6, 6.07) is 9.59. The van der Waals surface area contributed by atoms with Crippen molar-refractivity contribution >= 4 is 5.84 Å². The summed E-state index contributed by atoms with van der Waals surface area (Å²) >= 11 is 0. The van der Waals surface area contributed by atoms with E-state index in [9.17, 15) is 0 Å². The molecule has 1 aromatic carbocycles. The number of nitrogens with one attached hydrogen (secondary N) is 1. The van der Waals surface area contributed by atoms with Crippen molar-refractivity contribution in [2.75, 3.05) is 13.6 Å². The molecule has 0 atom stereocenters. The van der Waals surface area contributed by atoms with Gasteiger partial charge in [0.25, 0.3) is 0 Å². The maximum Gasteiger partial charge on any atom is 0.150 e. The molecule has 0 radical (unpaired) electrons. The first kappa shape index (κ1) is 14.3. The van der Waals surface area contributed by atoms with Crippen LogP contribution < -0.4 is 5.73 Å². The van der Waals surface area contributed by atoms with Crippen LogP contribution in [0.3, 0.4) is 0 Å². The second-order valence-corrected chi connectivity index (χ2v) is 4.73. The molecule has 1 heterocycles. The maximum atomic E-state index is 8.12. The second-order valence-electron chi connectivity index (χ2n) is 4.73. The summed E-state index contributed by atoms with van der Waals surface area (Å²) in [4.78, 5) is 1.94. The largest absolute Gasteiger partial charge is 0.360 e. The second kappa shape index (κ2) is 6.34. The van der Waals surface area contributed by atoms with Crippen LogP contribution in [0.25, 0.3) is 11.3 Å². The topological polar surface area (TPSA) is 79.1 Å². The third-order valence-electron chi connectivity index (χ3n) is 3.15. The highest BCUT2D eigenvalue weighted by Crippen LogP contribution is 2.20. The molecule has 0 saturated carbocycles. The van der Waals surface area contributed by atoms with Gasteiger partial charge in [-0.3, -0.25) is 5.41 Å². The van der Waals surface area contributed by atoms with Gasteiger partial charge in [0, 0.05) is 30.8 Å². The van der Waals surface area contributed by atoms with Crippen molar-refractivity contribution < 1.29 is 4.52 Å². The Labute approximate surface area is 118 Å². The fraction of sp³-hybridized carbons (Fsp3) is 0.333. The van der Waals surface area contributed by atoms with Crippen molar-refractivity contribution in [3.05, 3.63) is 41.7 Å². The molecule has 0 aliphatic heterocycles. The fourth-order valence-electron chi connectivity index (χ4n) is 2.01. The van der Waals surface area contributed by atoms with E-state index in [1.54, 1.807) is 0 Å². The highest BCUT2D eigenvalue weighted by Gasteiger charge is 2.09. The minimum Gasteiger partial charge on any atom is -0.360 e. The van der Waals surface area contributed by atoms with Crippen molar-refractivity contribution in [2.24, 2.45) is 5.73 Å². The number of aromatic nitrogens is 1. The predicted molar refractivity (Wildman–Crippen MR) is 79.6 cm³/mol. The van der Waals surface area contributed by atoms with Crippen LogP contribution >= 0.6 is 0 Å². The van der Waals surface area contributed by atoms with Gasteiger partial charge in [-0.1, -0.05) is 36.3 Å². The molecular weight excluding hydrogens is 252 g/mol. The molecule has 0 saturated heterocycles. The summed E-state index contributed by atoms with van der Waals surface area (Å²) < 4.78 is 5.09. The normalized spacial score (nSPS) is 10.6. The highest BCUT2D eigenvalue weighted by molar-refractivity contribution is 5.96. The van der Waals surface area contributed by atoms with E-state index in [0.717, 1.165) is 29.8 Å². The van der Waals surface area contributed by atoms with Crippen LogP contribution in [0.4, 0.5) is 0 Å². The van der Waals surface area contributed by atoms with Crippen LogP contribution in [0.5, 0.6) is 0 Å². The zero-order chi connectivity index (χ0) is 14.5. The van der Waals surface area contributed by atoms with Crippen molar-refractivity contribution in [3.8, 4) is 11.3 Å². The summed E-state index contributed by atoms with van der Waals surface area (Å²) in [5.41, 5.74) is 8.13. The number of amidine groups is 1. The highest BCUT2D eigenvalue weighted by atomic mass is 16.5. The Morgan fingerprint density at radius 3 is 2.60 bits per heavy atom. The van der Waals surface area contributed by atoms with E-state index in [1.165, 1.54) is 0 Å². The molecule has 0 unspecified atom stereocenters. The van der Waals surface area contributed by atoms with Crippen molar-refractivity contribution in [1.82, 2.24) is 10.1 Å². The monoisotopic (exact) mass is 272 g/mol. The molecule has 0 aliphatic carbocycles. The van der Waals surface area contributed by atoms with Crippen molar-refractivity contribution in [1.29, 1.82) is 5.41 Å². The first-order chi connectivity index (χ1) is 9.65. The molecule has 2 rings (SSSR count). The molecule has 20 heavy (non-hydrogen) atoms. The first-order valence-corrected chi connectivity index (χ1v) is 6.71. The number of nitrogens with two attached hydrogens (primary N) is 1. The van der Waals surface area contributed by atoms with E-state index < -0.39 is 0 Å². The third-order valence-corrected chi connectivity index (χ3v) is 3.15. The van der Waals surface area contributed by atoms with Gasteiger partial charge in [0.05, 0.1) is 6.54 Å². The SMILES string of the molecule is CCCN(C)C(=N)c1ccc(-c2cc(CN)on2)cc1. The summed E-state index contributed by atoms with van der Waals surface area (Å²) in [5, 5.41) is 12.1. The van der Waals surface area contributed by atoms with Crippen LogP contribution in [0.1, 0.15) is 24.7 Å². The van der Waals surface area contributed by atoms with Gasteiger partial charge in [0.2, 0.25) is 0 Å². The molecule has 106 valence electrons. The van der Waals surface area contributed by atoms with Crippen LogP contribution in [0.2, 0.25) is 0 Å². The zero-order valence-corrected chi connectivity index (χ0v) is 11.9. The van der Waals surface area contributed by atoms with E-state index in [-0.39, 0.29) is 0 Å². The summed E-state index contributed by atoms with van der Waals surface area (Å²) in [6.07, 6.45) is 1.03. The summed E-state index contributed by atoms with van der Waals surface area (Å²) in [5.74, 6) is 1.20. The average molecular weight is 272 g/mol. The molecule has 0 spiro atoms. The lowest BCUT2D eigenvalue weighted by Gasteiger charge is -2.19. The van der Waals surface area contributed by atoms with Gasteiger partial charge in [-0.05, 0) is 6.42 Å². The molecule has 0 fully saturated rings. The molecular formula is C15H20N4O. The number of hydrogen-bond donors (Lipinski definition) is 2. The number of rotatable bonds is 5. The number of hydrogen-bond acceptors (Lipinski definition) is 4. The van der Waals surface area contributed by atoms with Gasteiger partial charge in [-0.2, -0.15) is 0 Å². The van der Waals surface area contributed by atoms with Crippen LogP contribution in [0.15, 0.2) is 34.9 Å². The average Bonchev–Trinajstić information content (AvgIpc) is 2.96. The maximum absolute atomic E-state index is 8.12. The Kier molecular flexibility index (Phi) is 4.53. The molecule has 1 aromatic heterocycles. The zero-order valence-electron chi connectivity index (χ0n) is 11.9. The van der Waals surface area contributed by atoms with E-state index in [0.29, 0.717) is 18.1 Å². The van der Waals surface area contributed by atoms with Gasteiger partial charge >= 0.3 is 0 Å². The molecule has 2 aromatic rings. The first-order valence-electron chi connectivity index (χ1n) is 6.71. The Morgan fingerprint density at radius 2 is 2.05 bits per heavy atom. The lowest BCUT2D eigenvalue weighted by atomic mass is 10.1. The Hall–Kier alpha value is -2.14. The van der Waals surface area contributed by atoms with Crippen LogP contribution in [-0.2, 0) is 6.54 Å². The fourth-order valence-corrected chi connectivity index (χ4v) is 2.01. The van der Waals surface area contributed by atoms with Crippen LogP contribution in [-0.4, -0.2) is 29.5 Å². The van der Waals surface area contributed by atoms with Crippen molar-refractivity contribution in [2.45, 2.75) is 19.9 Å². The molecule has 3 N–H and O–H groups in total. The summed E-state index contributed by atoms with van der Waals surface area (Å²) in [7, 11) is 1.94. The molecule has 0 aliphatic rings. The molecule has 0 bridgehead atoms. The lowest BCUT2D eigenvalue weighted by molar-refractivity contribution is 0.387. The quantitative estimate of drug-likeness (QED) is 0.647. The van der Waals surface area contributed by atoms with Gasteiger partial charge in [0.15, 0.2) is 5.76 Å².